The van der Waals surface area contributed by atoms with Crippen molar-refractivity contribution < 1.29 is 22.8 Å². The molecule has 1 aromatic carbocycles. The molecule has 2 aromatic heterocycles. The molecule has 13 heteroatoms. The maximum atomic E-state index is 12.8. The highest BCUT2D eigenvalue weighted by molar-refractivity contribution is 7.92. The van der Waals surface area contributed by atoms with Crippen molar-refractivity contribution in [3.05, 3.63) is 53.6 Å². The predicted octanol–water partition coefficient (Wildman–Crippen LogP) is 3.82. The van der Waals surface area contributed by atoms with E-state index >= 15 is 0 Å². The minimum Gasteiger partial charge on any atom is -0.491 e. The molecule has 0 bridgehead atoms. The summed E-state index contributed by atoms with van der Waals surface area (Å²) in [5.41, 5.74) is 4.27. The van der Waals surface area contributed by atoms with Gasteiger partial charge in [-0.1, -0.05) is 0 Å². The molecule has 3 aromatic rings. The molecular weight excluding hydrogens is 498 g/mol. The summed E-state index contributed by atoms with van der Waals surface area (Å²) in [5.74, 6) is 1.46. The first-order valence-electron chi connectivity index (χ1n) is 11.5. The quantitative estimate of drug-likeness (QED) is 0.269. The van der Waals surface area contributed by atoms with Gasteiger partial charge in [0.2, 0.25) is 10.0 Å². The maximum absolute atomic E-state index is 12.8. The number of aryl methyl sites for hydroxylation is 2. The number of hydrogen-bond donors (Lipinski definition) is 4. The lowest BCUT2D eigenvalue weighted by Crippen LogP contribution is -2.24. The highest BCUT2D eigenvalue weighted by Crippen LogP contribution is 2.33. The van der Waals surface area contributed by atoms with Crippen molar-refractivity contribution in [2.24, 2.45) is 0 Å². The molecule has 0 saturated carbocycles. The zero-order chi connectivity index (χ0) is 27.2. The van der Waals surface area contributed by atoms with E-state index in [1.165, 1.54) is 6.20 Å². The number of aromatic nitrogens is 3. The Morgan fingerprint density at radius 1 is 1.00 bits per heavy atom. The summed E-state index contributed by atoms with van der Waals surface area (Å²) >= 11 is 0. The minimum atomic E-state index is -3.62. The molecule has 0 fully saturated rings. The van der Waals surface area contributed by atoms with Crippen LogP contribution in [0.3, 0.4) is 0 Å². The highest BCUT2D eigenvalue weighted by Gasteiger charge is 2.17. The molecule has 4 N–H and O–H groups in total. The first-order valence-corrected chi connectivity index (χ1v) is 13.4. The van der Waals surface area contributed by atoms with Crippen LogP contribution in [0, 0.1) is 13.8 Å². The van der Waals surface area contributed by atoms with Crippen LogP contribution in [0.4, 0.5) is 28.7 Å². The molecular formula is C24H31N7O5S. The average Bonchev–Trinajstić information content (AvgIpc) is 2.77. The number of carbonyl (C=O) groups is 1. The predicted molar refractivity (Wildman–Crippen MR) is 142 cm³/mol. The van der Waals surface area contributed by atoms with Crippen LogP contribution in [0.1, 0.15) is 42.6 Å². The number of rotatable bonds is 11. The Kier molecular flexibility index (Phi) is 8.84. The number of benzene rings is 1. The Bertz CT molecular complexity index is 1360. The zero-order valence-corrected chi connectivity index (χ0v) is 22.4. The summed E-state index contributed by atoms with van der Waals surface area (Å²) in [6.07, 6.45) is 2.31. The summed E-state index contributed by atoms with van der Waals surface area (Å²) in [7, 11) is -3.62. The van der Waals surface area contributed by atoms with Crippen molar-refractivity contribution in [2.75, 3.05) is 28.2 Å². The van der Waals surface area contributed by atoms with Gasteiger partial charge < -0.3 is 15.4 Å². The van der Waals surface area contributed by atoms with Gasteiger partial charge in [-0.15, -0.1) is 0 Å². The van der Waals surface area contributed by atoms with Crippen LogP contribution in [0.15, 0.2) is 36.5 Å². The first-order chi connectivity index (χ1) is 17.4. The normalized spacial score (nSPS) is 11.2. The van der Waals surface area contributed by atoms with Gasteiger partial charge in [-0.2, -0.15) is 0 Å². The van der Waals surface area contributed by atoms with Crippen molar-refractivity contribution in [1.82, 2.24) is 20.4 Å². The molecule has 0 unspecified atom stereocenters. The van der Waals surface area contributed by atoms with Gasteiger partial charge in [0, 0.05) is 30.1 Å². The van der Waals surface area contributed by atoms with Crippen molar-refractivity contribution >= 4 is 44.6 Å². The van der Waals surface area contributed by atoms with Crippen LogP contribution in [0.25, 0.3) is 0 Å². The fraction of sp³-hybridized carbons (Fsp3) is 0.333. The lowest BCUT2D eigenvalue weighted by atomic mass is 10.2. The second kappa shape index (κ2) is 11.8. The van der Waals surface area contributed by atoms with Gasteiger partial charge >= 0.3 is 0 Å². The van der Waals surface area contributed by atoms with Gasteiger partial charge in [0.05, 0.1) is 41.6 Å². The van der Waals surface area contributed by atoms with Crippen LogP contribution in [-0.4, -0.2) is 48.2 Å². The molecule has 2 heterocycles. The molecule has 0 aliphatic carbocycles. The third-order valence-corrected chi connectivity index (χ3v) is 5.20. The third kappa shape index (κ3) is 8.29. The van der Waals surface area contributed by atoms with E-state index in [2.05, 4.69) is 35.8 Å². The van der Waals surface area contributed by atoms with Gasteiger partial charge in [0.25, 0.3) is 5.91 Å². The van der Waals surface area contributed by atoms with E-state index in [1.807, 2.05) is 20.8 Å². The van der Waals surface area contributed by atoms with E-state index in [-0.39, 0.29) is 24.0 Å². The van der Waals surface area contributed by atoms with Gasteiger partial charge in [0.1, 0.15) is 23.2 Å². The van der Waals surface area contributed by atoms with Gasteiger partial charge in [-0.05, 0) is 46.8 Å². The largest absolute Gasteiger partial charge is 0.491 e. The first kappa shape index (κ1) is 27.6. The Morgan fingerprint density at radius 3 is 2.41 bits per heavy atom. The number of anilines is 5. The van der Waals surface area contributed by atoms with E-state index in [9.17, 15) is 13.2 Å². The second-order valence-corrected chi connectivity index (χ2v) is 10.2. The molecule has 0 saturated heterocycles. The van der Waals surface area contributed by atoms with Crippen molar-refractivity contribution in [1.29, 1.82) is 0 Å². The summed E-state index contributed by atoms with van der Waals surface area (Å²) in [6.45, 7) is 9.37. The Balaban J connectivity index is 2.04. The lowest BCUT2D eigenvalue weighted by Gasteiger charge is -2.18. The smallest absolute Gasteiger partial charge is 0.278 e. The number of amides is 1. The number of hydrogen-bond acceptors (Lipinski definition) is 10. The number of ether oxygens (including phenoxy) is 1. The molecule has 0 aliphatic heterocycles. The molecule has 37 heavy (non-hydrogen) atoms. The van der Waals surface area contributed by atoms with Crippen molar-refractivity contribution in [2.45, 2.75) is 40.7 Å². The Hall–Kier alpha value is -3.97. The van der Waals surface area contributed by atoms with E-state index < -0.39 is 15.9 Å². The number of carbonyl (C=O) groups excluding carboxylic acids is 1. The molecule has 3 rings (SSSR count). The summed E-state index contributed by atoms with van der Waals surface area (Å²) < 4.78 is 32.3. The van der Waals surface area contributed by atoms with E-state index in [1.54, 1.807) is 44.2 Å². The summed E-state index contributed by atoms with van der Waals surface area (Å²) in [5, 5.41) is 6.25. The van der Waals surface area contributed by atoms with E-state index in [4.69, 9.17) is 9.57 Å². The minimum absolute atomic E-state index is 0.110. The fourth-order valence-corrected chi connectivity index (χ4v) is 3.89. The van der Waals surface area contributed by atoms with Crippen molar-refractivity contribution in [3.8, 4) is 5.75 Å². The number of hydroxylamine groups is 1. The Labute approximate surface area is 216 Å². The third-order valence-electron chi connectivity index (χ3n) is 4.61. The Morgan fingerprint density at radius 2 is 1.76 bits per heavy atom. The molecule has 0 spiro atoms. The SMILES string of the molecule is CCONC(=O)c1cnc(Nc2cc(C)nc(C)n2)cc1Nc1ccc(OC(C)C)cc1NS(C)(=O)=O. The number of nitrogens with one attached hydrogen (secondary N) is 4. The van der Waals surface area contributed by atoms with Crippen molar-refractivity contribution in [3.63, 3.8) is 0 Å². The fourth-order valence-electron chi connectivity index (χ4n) is 3.32. The summed E-state index contributed by atoms with van der Waals surface area (Å²) in [6, 6.07) is 8.29. The van der Waals surface area contributed by atoms with Gasteiger partial charge in [0.15, 0.2) is 0 Å². The van der Waals surface area contributed by atoms with Crippen LogP contribution in [0.2, 0.25) is 0 Å². The van der Waals surface area contributed by atoms with Crippen LogP contribution in [0.5, 0.6) is 5.75 Å². The number of pyridine rings is 1. The molecule has 0 atom stereocenters. The maximum Gasteiger partial charge on any atom is 0.278 e. The van der Waals surface area contributed by atoms with Crippen LogP contribution < -0.4 is 25.6 Å². The highest BCUT2D eigenvalue weighted by atomic mass is 32.2. The van der Waals surface area contributed by atoms with E-state index in [0.717, 1.165) is 11.9 Å². The van der Waals surface area contributed by atoms with Gasteiger partial charge in [-0.25, -0.2) is 28.8 Å². The average molecular weight is 530 g/mol. The number of nitrogens with zero attached hydrogens (tertiary/aromatic N) is 3. The van der Waals surface area contributed by atoms with Gasteiger partial charge in [-0.3, -0.25) is 14.4 Å². The van der Waals surface area contributed by atoms with E-state index in [0.29, 0.717) is 34.6 Å². The monoisotopic (exact) mass is 529 g/mol. The van der Waals surface area contributed by atoms with Crippen LogP contribution in [-0.2, 0) is 14.9 Å². The summed E-state index contributed by atoms with van der Waals surface area (Å²) in [4.78, 5) is 30.8. The zero-order valence-electron chi connectivity index (χ0n) is 21.5. The molecule has 198 valence electrons. The van der Waals surface area contributed by atoms with Crippen LogP contribution >= 0.6 is 0 Å². The molecule has 0 radical (unpaired) electrons. The topological polar surface area (TPSA) is 156 Å². The number of sulfonamides is 1. The lowest BCUT2D eigenvalue weighted by molar-refractivity contribution is 0.0365. The standard InChI is InChI=1S/C24H31N7O5S/c1-7-35-30-24(32)18-13-25-22(29-23-10-15(4)26-16(5)27-23)12-20(18)28-19-9-8-17(36-14(2)3)11-21(19)31-37(6,33)34/h8-14,31H,7H2,1-6H3,(H,30,32)(H2,25,26,27,28,29). The molecule has 0 aliphatic rings. The molecule has 1 amide bonds. The second-order valence-electron chi connectivity index (χ2n) is 8.42. The molecule has 12 nitrogen and oxygen atoms in total.